The van der Waals surface area contributed by atoms with E-state index in [9.17, 15) is 17.2 Å². The number of aliphatic imine (C=N–C) groups is 1. The first-order chi connectivity index (χ1) is 12.3. The van der Waals surface area contributed by atoms with Crippen molar-refractivity contribution in [2.45, 2.75) is 27.0 Å². The van der Waals surface area contributed by atoms with E-state index in [1.54, 1.807) is 13.0 Å². The number of alkyl halides is 2. The van der Waals surface area contributed by atoms with Crippen molar-refractivity contribution in [3.05, 3.63) is 23.8 Å². The molecule has 0 saturated carbocycles. The molecule has 0 aliphatic heterocycles. The first-order valence-corrected chi connectivity index (χ1v) is 9.97. The summed E-state index contributed by atoms with van der Waals surface area (Å²) >= 11 is 0. The first kappa shape index (κ1) is 21.9. The molecule has 1 aromatic rings. The molecule has 10 heteroatoms. The fourth-order valence-corrected chi connectivity index (χ4v) is 2.69. The van der Waals surface area contributed by atoms with Gasteiger partial charge in [-0.3, -0.25) is 0 Å². The number of halogens is 2. The van der Waals surface area contributed by atoms with E-state index in [1.807, 2.05) is 6.92 Å². The normalized spacial score (nSPS) is 12.2. The van der Waals surface area contributed by atoms with Crippen LogP contribution in [-0.4, -0.2) is 52.7 Å². The Labute approximate surface area is 152 Å². The monoisotopic (exact) mass is 393 g/mol. The van der Waals surface area contributed by atoms with E-state index in [0.29, 0.717) is 23.8 Å². The van der Waals surface area contributed by atoms with Crippen molar-refractivity contribution in [1.29, 1.82) is 0 Å². The number of sulfone groups is 1. The van der Waals surface area contributed by atoms with Crippen molar-refractivity contribution in [1.82, 2.24) is 10.6 Å². The van der Waals surface area contributed by atoms with Gasteiger partial charge in [-0.1, -0.05) is 6.92 Å². The van der Waals surface area contributed by atoms with E-state index in [-0.39, 0.29) is 30.3 Å². The van der Waals surface area contributed by atoms with Crippen LogP contribution in [0.5, 0.6) is 11.5 Å². The Bertz CT molecular complexity index is 697. The number of hydrogen-bond donors (Lipinski definition) is 2. The van der Waals surface area contributed by atoms with Gasteiger partial charge in [-0.25, -0.2) is 13.4 Å². The maximum Gasteiger partial charge on any atom is 0.387 e. The molecule has 7 nitrogen and oxygen atoms in total. The van der Waals surface area contributed by atoms with Crippen molar-refractivity contribution in [3.8, 4) is 11.5 Å². The van der Waals surface area contributed by atoms with Crippen LogP contribution in [0.15, 0.2) is 23.2 Å². The Morgan fingerprint density at radius 1 is 1.27 bits per heavy atom. The Morgan fingerprint density at radius 2 is 2.00 bits per heavy atom. The summed E-state index contributed by atoms with van der Waals surface area (Å²) in [7, 11) is -1.62. The van der Waals surface area contributed by atoms with Gasteiger partial charge in [0.25, 0.3) is 0 Å². The summed E-state index contributed by atoms with van der Waals surface area (Å²) in [6, 6.07) is 4.47. The zero-order valence-corrected chi connectivity index (χ0v) is 15.9. The molecule has 0 saturated heterocycles. The van der Waals surface area contributed by atoms with Crippen molar-refractivity contribution < 1.29 is 26.7 Å². The lowest BCUT2D eigenvalue weighted by atomic mass is 10.2. The SMILES string of the molecule is CCNC(=NCc1cc(OC)ccc1OC(F)F)NCCS(=O)(=O)CC. The molecular formula is C16H25F2N3O4S. The molecule has 0 aliphatic carbocycles. The number of ether oxygens (including phenoxy) is 2. The molecule has 0 radical (unpaired) electrons. The van der Waals surface area contributed by atoms with Crippen LogP contribution in [0.25, 0.3) is 0 Å². The Kier molecular flexibility index (Phi) is 9.11. The Hall–Kier alpha value is -2.10. The van der Waals surface area contributed by atoms with E-state index < -0.39 is 16.4 Å². The number of guanidine groups is 1. The van der Waals surface area contributed by atoms with Crippen LogP contribution in [0.3, 0.4) is 0 Å². The van der Waals surface area contributed by atoms with Crippen LogP contribution in [0.4, 0.5) is 8.78 Å². The summed E-state index contributed by atoms with van der Waals surface area (Å²) in [5.74, 6) is 0.926. The second-order valence-electron chi connectivity index (χ2n) is 5.21. The van der Waals surface area contributed by atoms with Crippen LogP contribution in [0.1, 0.15) is 19.4 Å². The summed E-state index contributed by atoms with van der Waals surface area (Å²) < 4.78 is 57.7. The van der Waals surface area contributed by atoms with Gasteiger partial charge in [0.2, 0.25) is 0 Å². The van der Waals surface area contributed by atoms with Crippen molar-refractivity contribution in [2.24, 2.45) is 4.99 Å². The lowest BCUT2D eigenvalue weighted by Crippen LogP contribution is -2.39. The molecule has 0 spiro atoms. The number of nitrogens with zero attached hydrogens (tertiary/aromatic N) is 1. The minimum Gasteiger partial charge on any atom is -0.497 e. The second-order valence-corrected chi connectivity index (χ2v) is 7.68. The highest BCUT2D eigenvalue weighted by Gasteiger charge is 2.12. The lowest BCUT2D eigenvalue weighted by Gasteiger charge is -2.13. The summed E-state index contributed by atoms with van der Waals surface area (Å²) in [6.07, 6.45) is 0. The van der Waals surface area contributed by atoms with Gasteiger partial charge < -0.3 is 20.1 Å². The quantitative estimate of drug-likeness (QED) is 0.465. The van der Waals surface area contributed by atoms with Gasteiger partial charge in [0.15, 0.2) is 15.8 Å². The molecule has 0 fully saturated rings. The Morgan fingerprint density at radius 3 is 2.58 bits per heavy atom. The van der Waals surface area contributed by atoms with E-state index in [1.165, 1.54) is 19.2 Å². The zero-order chi connectivity index (χ0) is 19.6. The maximum absolute atomic E-state index is 12.5. The Balaban J connectivity index is 2.87. The van der Waals surface area contributed by atoms with Crippen LogP contribution < -0.4 is 20.1 Å². The fraction of sp³-hybridized carbons (Fsp3) is 0.562. The molecule has 0 aromatic heterocycles. The molecule has 2 N–H and O–H groups in total. The third kappa shape index (κ3) is 7.85. The third-order valence-corrected chi connectivity index (χ3v) is 5.09. The van der Waals surface area contributed by atoms with Gasteiger partial charge in [-0.2, -0.15) is 8.78 Å². The molecule has 148 valence electrons. The van der Waals surface area contributed by atoms with Crippen LogP contribution in [-0.2, 0) is 16.4 Å². The predicted octanol–water partition coefficient (Wildman–Crippen LogP) is 1.79. The number of rotatable bonds is 10. The summed E-state index contributed by atoms with van der Waals surface area (Å²) in [4.78, 5) is 4.29. The smallest absolute Gasteiger partial charge is 0.387 e. The summed E-state index contributed by atoms with van der Waals surface area (Å²) in [5.41, 5.74) is 0.419. The van der Waals surface area contributed by atoms with Gasteiger partial charge in [-0.15, -0.1) is 0 Å². The molecule has 26 heavy (non-hydrogen) atoms. The van der Waals surface area contributed by atoms with Crippen LogP contribution >= 0.6 is 0 Å². The van der Waals surface area contributed by atoms with Crippen molar-refractivity contribution in [2.75, 3.05) is 31.7 Å². The van der Waals surface area contributed by atoms with E-state index in [4.69, 9.17) is 4.74 Å². The number of benzene rings is 1. The van der Waals surface area contributed by atoms with E-state index in [2.05, 4.69) is 20.4 Å². The summed E-state index contributed by atoms with van der Waals surface area (Å²) in [6.45, 7) is 1.30. The molecule has 0 aliphatic rings. The molecule has 0 amide bonds. The highest BCUT2D eigenvalue weighted by molar-refractivity contribution is 7.91. The van der Waals surface area contributed by atoms with Gasteiger partial charge in [0, 0.05) is 24.4 Å². The van der Waals surface area contributed by atoms with Crippen molar-refractivity contribution in [3.63, 3.8) is 0 Å². The third-order valence-electron chi connectivity index (χ3n) is 3.38. The highest BCUT2D eigenvalue weighted by Crippen LogP contribution is 2.26. The second kappa shape index (κ2) is 10.8. The molecule has 0 heterocycles. The van der Waals surface area contributed by atoms with E-state index in [0.717, 1.165) is 0 Å². The topological polar surface area (TPSA) is 89.0 Å². The molecule has 0 unspecified atom stereocenters. The zero-order valence-electron chi connectivity index (χ0n) is 15.1. The molecule has 0 bridgehead atoms. The highest BCUT2D eigenvalue weighted by atomic mass is 32.2. The molecule has 1 aromatic carbocycles. The molecule has 0 atom stereocenters. The standard InChI is InChI=1S/C16H25F2N3O4S/c1-4-19-16(20-8-9-26(22,23)5-2)21-11-12-10-13(24-3)6-7-14(12)25-15(17)18/h6-7,10,15H,4-5,8-9,11H2,1-3H3,(H2,19,20,21). The number of methoxy groups -OCH3 is 1. The van der Waals surface area contributed by atoms with E-state index >= 15 is 0 Å². The van der Waals surface area contributed by atoms with Crippen LogP contribution in [0.2, 0.25) is 0 Å². The average molecular weight is 393 g/mol. The summed E-state index contributed by atoms with van der Waals surface area (Å²) in [5, 5.41) is 5.88. The van der Waals surface area contributed by atoms with Crippen molar-refractivity contribution >= 4 is 15.8 Å². The molecule has 1 rings (SSSR count). The first-order valence-electron chi connectivity index (χ1n) is 8.15. The minimum atomic E-state index is -3.09. The van der Waals surface area contributed by atoms with Gasteiger partial charge in [0.1, 0.15) is 11.5 Å². The lowest BCUT2D eigenvalue weighted by molar-refractivity contribution is -0.0504. The average Bonchev–Trinajstić information content (AvgIpc) is 2.60. The van der Waals surface area contributed by atoms with Crippen LogP contribution in [0, 0.1) is 0 Å². The molecular weight excluding hydrogens is 368 g/mol. The van der Waals surface area contributed by atoms with Gasteiger partial charge in [-0.05, 0) is 25.1 Å². The number of hydrogen-bond acceptors (Lipinski definition) is 5. The largest absolute Gasteiger partial charge is 0.497 e. The van der Waals surface area contributed by atoms with Gasteiger partial charge in [0.05, 0.1) is 19.4 Å². The number of nitrogens with one attached hydrogen (secondary N) is 2. The predicted molar refractivity (Wildman–Crippen MR) is 96.8 cm³/mol. The van der Waals surface area contributed by atoms with Gasteiger partial charge >= 0.3 is 6.61 Å². The minimum absolute atomic E-state index is 0.00830. The maximum atomic E-state index is 12.5. The fourth-order valence-electron chi connectivity index (χ4n) is 1.99.